The van der Waals surface area contributed by atoms with Crippen LogP contribution in [0.4, 0.5) is 0 Å². The van der Waals surface area contributed by atoms with Crippen LogP contribution in [0.5, 0.6) is 0 Å². The summed E-state index contributed by atoms with van der Waals surface area (Å²) in [7, 11) is -3.63. The highest BCUT2D eigenvalue weighted by Crippen LogP contribution is 2.20. The maximum absolute atomic E-state index is 12.8. The highest BCUT2D eigenvalue weighted by molar-refractivity contribution is 7.89. The second-order valence-electron chi connectivity index (χ2n) is 7.19. The number of carbonyl (C=O) groups excluding carboxylic acids is 1. The normalized spacial score (nSPS) is 15.2. The number of rotatable bonds is 6. The Morgan fingerprint density at radius 3 is 2.53 bits per heavy atom. The minimum absolute atomic E-state index is 0.131. The number of nitrogens with zero attached hydrogens (tertiary/aromatic N) is 1. The predicted molar refractivity (Wildman–Crippen MR) is 116 cm³/mol. The number of fused-ring (bicyclic) bond motifs is 1. The molecule has 1 N–H and O–H groups in total. The van der Waals surface area contributed by atoms with Gasteiger partial charge in [0.1, 0.15) is 0 Å². The lowest BCUT2D eigenvalue weighted by Gasteiger charge is -2.26. The molecule has 1 saturated heterocycles. The summed E-state index contributed by atoms with van der Waals surface area (Å²) in [4.78, 5) is 12.7. The lowest BCUT2D eigenvalue weighted by molar-refractivity contribution is 0.0730. The minimum atomic E-state index is -3.63. The Morgan fingerprint density at radius 1 is 0.967 bits per heavy atom. The Balaban J connectivity index is 1.43. The zero-order valence-electron chi connectivity index (χ0n) is 16.6. The number of hydrogen-bond acceptors (Lipinski definition) is 4. The fourth-order valence-corrected chi connectivity index (χ4v) is 5.11. The van der Waals surface area contributed by atoms with Gasteiger partial charge in [-0.2, -0.15) is 4.31 Å². The van der Waals surface area contributed by atoms with Crippen molar-refractivity contribution in [2.24, 2.45) is 0 Å². The van der Waals surface area contributed by atoms with Gasteiger partial charge in [0.05, 0.1) is 18.1 Å². The minimum Gasteiger partial charge on any atom is -0.379 e. The molecule has 30 heavy (non-hydrogen) atoms. The summed E-state index contributed by atoms with van der Waals surface area (Å²) in [6.45, 7) is 1.88. The predicted octanol–water partition coefficient (Wildman–Crippen LogP) is 2.83. The van der Waals surface area contributed by atoms with Crippen molar-refractivity contribution in [3.63, 3.8) is 0 Å². The van der Waals surface area contributed by atoms with E-state index in [1.807, 2.05) is 18.2 Å². The first kappa shape index (κ1) is 20.5. The molecule has 1 aliphatic heterocycles. The van der Waals surface area contributed by atoms with Crippen molar-refractivity contribution in [2.75, 3.05) is 32.8 Å². The van der Waals surface area contributed by atoms with E-state index in [9.17, 15) is 13.2 Å². The van der Waals surface area contributed by atoms with Crippen LogP contribution >= 0.6 is 0 Å². The third-order valence-corrected chi connectivity index (χ3v) is 7.16. The van der Waals surface area contributed by atoms with Gasteiger partial charge in [0.15, 0.2) is 0 Å². The molecule has 7 heteroatoms. The smallest absolute Gasteiger partial charge is 0.251 e. The molecule has 3 aromatic rings. The van der Waals surface area contributed by atoms with Crippen molar-refractivity contribution in [1.82, 2.24) is 9.62 Å². The van der Waals surface area contributed by atoms with Gasteiger partial charge in [-0.05, 0) is 41.0 Å². The molecule has 0 bridgehead atoms. The molecule has 0 unspecified atom stereocenters. The third kappa shape index (κ3) is 4.38. The van der Waals surface area contributed by atoms with Gasteiger partial charge in [0.2, 0.25) is 10.0 Å². The molecular formula is C23H24N2O4S. The van der Waals surface area contributed by atoms with Crippen molar-refractivity contribution >= 4 is 26.7 Å². The molecular weight excluding hydrogens is 400 g/mol. The topological polar surface area (TPSA) is 75.7 Å². The zero-order valence-corrected chi connectivity index (χ0v) is 17.4. The van der Waals surface area contributed by atoms with Crippen LogP contribution in [0.1, 0.15) is 15.9 Å². The van der Waals surface area contributed by atoms with Gasteiger partial charge in [0, 0.05) is 25.2 Å². The Bertz CT molecular complexity index is 1150. The van der Waals surface area contributed by atoms with Crippen molar-refractivity contribution < 1.29 is 17.9 Å². The molecule has 0 spiro atoms. The second-order valence-corrected chi connectivity index (χ2v) is 9.13. The largest absolute Gasteiger partial charge is 0.379 e. The molecule has 3 aromatic carbocycles. The SMILES string of the molecule is O=C(NCCc1cccc2ccccc12)c1cccc(S(=O)(=O)N2CCOCC2)c1. The lowest BCUT2D eigenvalue weighted by atomic mass is 10.0. The molecule has 4 rings (SSSR count). The van der Waals surface area contributed by atoms with E-state index in [1.165, 1.54) is 27.2 Å². The Kier molecular flexibility index (Phi) is 6.13. The summed E-state index contributed by atoms with van der Waals surface area (Å²) in [6.07, 6.45) is 0.693. The number of nitrogens with one attached hydrogen (secondary N) is 1. The molecule has 0 aliphatic carbocycles. The molecule has 6 nitrogen and oxygen atoms in total. The van der Waals surface area contributed by atoms with Gasteiger partial charge >= 0.3 is 0 Å². The third-order valence-electron chi connectivity index (χ3n) is 5.26. The summed E-state index contributed by atoms with van der Waals surface area (Å²) in [6, 6.07) is 20.5. The molecule has 1 heterocycles. The number of sulfonamides is 1. The molecule has 0 aromatic heterocycles. The molecule has 1 fully saturated rings. The van der Waals surface area contributed by atoms with E-state index < -0.39 is 10.0 Å². The number of benzene rings is 3. The fourth-order valence-electron chi connectivity index (χ4n) is 3.66. The average Bonchev–Trinajstić information content (AvgIpc) is 2.80. The molecule has 1 aliphatic rings. The van der Waals surface area contributed by atoms with E-state index in [4.69, 9.17) is 4.74 Å². The van der Waals surface area contributed by atoms with Crippen LogP contribution in [0, 0.1) is 0 Å². The van der Waals surface area contributed by atoms with Crippen molar-refractivity contribution in [2.45, 2.75) is 11.3 Å². The summed E-state index contributed by atoms with van der Waals surface area (Å²) in [5.74, 6) is -0.283. The molecule has 0 saturated carbocycles. The van der Waals surface area contributed by atoms with Crippen LogP contribution < -0.4 is 5.32 Å². The first-order valence-corrected chi connectivity index (χ1v) is 11.4. The molecule has 156 valence electrons. The van der Waals surface area contributed by atoms with Crippen LogP contribution in [-0.2, 0) is 21.2 Å². The van der Waals surface area contributed by atoms with Gasteiger partial charge in [-0.3, -0.25) is 4.79 Å². The molecule has 0 radical (unpaired) electrons. The van der Waals surface area contributed by atoms with E-state index in [0.29, 0.717) is 44.8 Å². The van der Waals surface area contributed by atoms with E-state index in [0.717, 1.165) is 5.56 Å². The quantitative estimate of drug-likeness (QED) is 0.660. The van der Waals surface area contributed by atoms with Gasteiger partial charge in [-0.15, -0.1) is 0 Å². The maximum Gasteiger partial charge on any atom is 0.251 e. The second kappa shape index (κ2) is 8.95. The van der Waals surface area contributed by atoms with Crippen molar-refractivity contribution in [1.29, 1.82) is 0 Å². The number of hydrogen-bond donors (Lipinski definition) is 1. The van der Waals surface area contributed by atoms with E-state index in [2.05, 4.69) is 29.6 Å². The number of carbonyl (C=O) groups is 1. The number of ether oxygens (including phenoxy) is 1. The van der Waals surface area contributed by atoms with Gasteiger partial charge < -0.3 is 10.1 Å². The summed E-state index contributed by atoms with van der Waals surface area (Å²) in [5, 5.41) is 5.25. The highest BCUT2D eigenvalue weighted by Gasteiger charge is 2.26. The first-order valence-electron chi connectivity index (χ1n) is 9.98. The molecule has 1 amide bonds. The average molecular weight is 425 g/mol. The summed E-state index contributed by atoms with van der Waals surface area (Å²) < 4.78 is 32.3. The van der Waals surface area contributed by atoms with Crippen LogP contribution in [0.3, 0.4) is 0 Å². The van der Waals surface area contributed by atoms with E-state index >= 15 is 0 Å². The fraction of sp³-hybridized carbons (Fsp3) is 0.261. The van der Waals surface area contributed by atoms with Crippen LogP contribution in [0.15, 0.2) is 71.6 Å². The zero-order chi connectivity index (χ0) is 21.0. The number of amides is 1. The first-order chi connectivity index (χ1) is 14.6. The Labute approximate surface area is 176 Å². The van der Waals surface area contributed by atoms with Crippen LogP contribution in [-0.4, -0.2) is 51.5 Å². The monoisotopic (exact) mass is 424 g/mol. The van der Waals surface area contributed by atoms with Crippen LogP contribution in [0.25, 0.3) is 10.8 Å². The van der Waals surface area contributed by atoms with Gasteiger partial charge in [0.25, 0.3) is 5.91 Å². The van der Waals surface area contributed by atoms with Crippen molar-refractivity contribution in [3.05, 3.63) is 77.9 Å². The Morgan fingerprint density at radius 2 is 1.70 bits per heavy atom. The number of morpholine rings is 1. The lowest BCUT2D eigenvalue weighted by Crippen LogP contribution is -2.40. The van der Waals surface area contributed by atoms with E-state index in [-0.39, 0.29) is 10.8 Å². The summed E-state index contributed by atoms with van der Waals surface area (Å²) in [5.41, 5.74) is 1.50. The van der Waals surface area contributed by atoms with Gasteiger partial charge in [-0.25, -0.2) is 8.42 Å². The molecule has 0 atom stereocenters. The maximum atomic E-state index is 12.8. The highest BCUT2D eigenvalue weighted by atomic mass is 32.2. The Hall–Kier alpha value is -2.74. The van der Waals surface area contributed by atoms with E-state index in [1.54, 1.807) is 12.1 Å². The summed E-state index contributed by atoms with van der Waals surface area (Å²) >= 11 is 0. The van der Waals surface area contributed by atoms with Crippen molar-refractivity contribution in [3.8, 4) is 0 Å². The standard InChI is InChI=1S/C23H24N2O4S/c26-23(24-12-11-19-7-3-6-18-5-1-2-10-22(18)19)20-8-4-9-21(17-20)30(27,28)25-13-15-29-16-14-25/h1-10,17H,11-16H2,(H,24,26). The van der Waals surface area contributed by atoms with Gasteiger partial charge in [-0.1, -0.05) is 48.5 Å². The van der Waals surface area contributed by atoms with Crippen LogP contribution in [0.2, 0.25) is 0 Å².